The Hall–Kier alpha value is -2.71. The lowest BCUT2D eigenvalue weighted by molar-refractivity contribution is -0.136. The van der Waals surface area contributed by atoms with Gasteiger partial charge in [0.1, 0.15) is 6.26 Å². The van der Waals surface area contributed by atoms with Crippen LogP contribution in [0.15, 0.2) is 34.9 Å². The number of hydrogen-bond donors (Lipinski definition) is 2. The molecule has 3 aliphatic rings. The number of carbonyl (C=O) groups excluding carboxylic acids is 1. The first-order valence-corrected chi connectivity index (χ1v) is 14.0. The summed E-state index contributed by atoms with van der Waals surface area (Å²) >= 11 is 0. The number of oxazole rings is 1. The van der Waals surface area contributed by atoms with Crippen molar-refractivity contribution in [2.75, 3.05) is 26.2 Å². The molecule has 8 nitrogen and oxygen atoms in total. The minimum absolute atomic E-state index is 0.00243. The Labute approximate surface area is 218 Å². The van der Waals surface area contributed by atoms with Gasteiger partial charge >= 0.3 is 5.97 Å². The number of carboxylic acid groups (broad SMARTS) is 1. The number of hydrogen-bond acceptors (Lipinski definition) is 6. The molecule has 2 aromatic rings. The number of aliphatic carboxylic acids is 1. The molecule has 3 saturated heterocycles. The summed E-state index contributed by atoms with van der Waals surface area (Å²) in [4.78, 5) is 31.0. The summed E-state index contributed by atoms with van der Waals surface area (Å²) in [5.41, 5.74) is 2.55. The van der Waals surface area contributed by atoms with Gasteiger partial charge < -0.3 is 24.5 Å². The Morgan fingerprint density at radius 1 is 1.05 bits per heavy atom. The molecule has 2 bridgehead atoms. The van der Waals surface area contributed by atoms with Crippen molar-refractivity contribution in [2.45, 2.75) is 82.3 Å². The van der Waals surface area contributed by atoms with Crippen LogP contribution in [-0.2, 0) is 22.4 Å². The lowest BCUT2D eigenvalue weighted by Gasteiger charge is -2.26. The number of amides is 1. The van der Waals surface area contributed by atoms with E-state index in [1.54, 1.807) is 0 Å². The molecule has 200 valence electrons. The maximum absolute atomic E-state index is 12.7. The van der Waals surface area contributed by atoms with Crippen LogP contribution in [0.4, 0.5) is 0 Å². The summed E-state index contributed by atoms with van der Waals surface area (Å²) in [5.74, 6) is -0.210. The molecule has 3 fully saturated rings. The average Bonchev–Trinajstić information content (AvgIpc) is 3.65. The number of likely N-dealkylation sites (tertiary alicyclic amines) is 1. The average molecular weight is 510 g/mol. The highest BCUT2D eigenvalue weighted by molar-refractivity contribution is 5.91. The van der Waals surface area contributed by atoms with Gasteiger partial charge in [-0.2, -0.15) is 0 Å². The van der Waals surface area contributed by atoms with Crippen LogP contribution >= 0.6 is 0 Å². The van der Waals surface area contributed by atoms with E-state index in [0.29, 0.717) is 24.6 Å². The third-order valence-corrected chi connectivity index (χ3v) is 8.28. The number of piperidine rings is 1. The molecule has 1 amide bonds. The number of aryl methyl sites for hydroxylation is 1. The number of benzene rings is 1. The predicted molar refractivity (Wildman–Crippen MR) is 139 cm³/mol. The second-order valence-electron chi connectivity index (χ2n) is 10.8. The SMILES string of the molecule is O=C(O)CCc1ccccc1CC1C2CCC(O2)C1c1nc(C(=O)NCCCCN2CCCCC2)co1. The van der Waals surface area contributed by atoms with Gasteiger partial charge in [0.2, 0.25) is 5.89 Å². The maximum Gasteiger partial charge on any atom is 0.303 e. The maximum atomic E-state index is 12.7. The number of rotatable bonds is 12. The van der Waals surface area contributed by atoms with Crippen molar-refractivity contribution < 1.29 is 23.8 Å². The van der Waals surface area contributed by atoms with E-state index in [2.05, 4.69) is 21.3 Å². The van der Waals surface area contributed by atoms with E-state index >= 15 is 0 Å². The molecule has 1 aromatic carbocycles. The minimum atomic E-state index is -0.788. The molecule has 0 radical (unpaired) electrons. The topological polar surface area (TPSA) is 105 Å². The molecule has 0 aliphatic carbocycles. The molecule has 0 saturated carbocycles. The quantitative estimate of drug-likeness (QED) is 0.413. The van der Waals surface area contributed by atoms with Crippen LogP contribution in [0.3, 0.4) is 0 Å². The number of aromatic nitrogens is 1. The van der Waals surface area contributed by atoms with Crippen LogP contribution in [0, 0.1) is 5.92 Å². The smallest absolute Gasteiger partial charge is 0.303 e. The molecule has 4 unspecified atom stereocenters. The Morgan fingerprint density at radius 3 is 2.65 bits per heavy atom. The second-order valence-corrected chi connectivity index (χ2v) is 10.8. The van der Waals surface area contributed by atoms with Gasteiger partial charge in [-0.25, -0.2) is 4.98 Å². The summed E-state index contributed by atoms with van der Waals surface area (Å²) in [5, 5.41) is 12.1. The summed E-state index contributed by atoms with van der Waals surface area (Å²) in [7, 11) is 0. The van der Waals surface area contributed by atoms with Gasteiger partial charge in [0.15, 0.2) is 5.69 Å². The van der Waals surface area contributed by atoms with Crippen molar-refractivity contribution in [3.63, 3.8) is 0 Å². The number of carboxylic acids is 1. The van der Waals surface area contributed by atoms with Crippen LogP contribution in [-0.4, -0.2) is 65.3 Å². The van der Waals surface area contributed by atoms with Crippen LogP contribution in [0.2, 0.25) is 0 Å². The summed E-state index contributed by atoms with van der Waals surface area (Å²) < 4.78 is 12.1. The molecule has 3 aliphatic heterocycles. The molecule has 4 heterocycles. The Balaban J connectivity index is 1.17. The number of nitrogens with one attached hydrogen (secondary N) is 1. The van der Waals surface area contributed by atoms with E-state index < -0.39 is 5.97 Å². The van der Waals surface area contributed by atoms with Gasteiger partial charge in [-0.15, -0.1) is 0 Å². The van der Waals surface area contributed by atoms with Crippen molar-refractivity contribution in [2.24, 2.45) is 5.92 Å². The molecule has 2 N–H and O–H groups in total. The third kappa shape index (κ3) is 6.41. The van der Waals surface area contributed by atoms with Crippen molar-refractivity contribution in [3.05, 3.63) is 53.2 Å². The van der Waals surface area contributed by atoms with Crippen molar-refractivity contribution in [1.29, 1.82) is 0 Å². The van der Waals surface area contributed by atoms with Gasteiger partial charge in [-0.1, -0.05) is 30.7 Å². The molecule has 8 heteroatoms. The van der Waals surface area contributed by atoms with Gasteiger partial charge in [-0.05, 0) is 82.1 Å². The normalized spacial score (nSPS) is 25.4. The number of unbranched alkanes of at least 4 members (excludes halogenated alkanes) is 1. The Morgan fingerprint density at radius 2 is 1.84 bits per heavy atom. The molecule has 4 atom stereocenters. The first kappa shape index (κ1) is 25.9. The summed E-state index contributed by atoms with van der Waals surface area (Å²) in [6.07, 6.45) is 11.0. The van der Waals surface area contributed by atoms with E-state index in [9.17, 15) is 9.59 Å². The zero-order valence-corrected chi connectivity index (χ0v) is 21.6. The number of carbonyl (C=O) groups is 2. The lowest BCUT2D eigenvalue weighted by atomic mass is 9.75. The first-order chi connectivity index (χ1) is 18.1. The van der Waals surface area contributed by atoms with Gasteiger partial charge in [-0.3, -0.25) is 9.59 Å². The van der Waals surface area contributed by atoms with E-state index in [4.69, 9.17) is 14.3 Å². The van der Waals surface area contributed by atoms with E-state index in [1.807, 2.05) is 18.2 Å². The number of nitrogens with zero attached hydrogens (tertiary/aromatic N) is 2. The minimum Gasteiger partial charge on any atom is -0.481 e. The fraction of sp³-hybridized carbons (Fsp3) is 0.621. The van der Waals surface area contributed by atoms with Crippen LogP contribution in [0.5, 0.6) is 0 Å². The fourth-order valence-corrected chi connectivity index (χ4v) is 6.35. The van der Waals surface area contributed by atoms with E-state index in [-0.39, 0.29) is 36.4 Å². The highest BCUT2D eigenvalue weighted by Crippen LogP contribution is 2.50. The molecular formula is C29H39N3O5. The van der Waals surface area contributed by atoms with Gasteiger partial charge in [0, 0.05) is 18.9 Å². The summed E-state index contributed by atoms with van der Waals surface area (Å²) in [6, 6.07) is 8.06. The predicted octanol–water partition coefficient (Wildman–Crippen LogP) is 4.19. The zero-order chi connectivity index (χ0) is 25.6. The zero-order valence-electron chi connectivity index (χ0n) is 21.6. The molecule has 0 spiro atoms. The highest BCUT2D eigenvalue weighted by Gasteiger charge is 2.51. The highest BCUT2D eigenvalue weighted by atomic mass is 16.5. The molecule has 5 rings (SSSR count). The fourth-order valence-electron chi connectivity index (χ4n) is 6.35. The molecule has 37 heavy (non-hydrogen) atoms. The Bertz CT molecular complexity index is 1060. The standard InChI is InChI=1S/C29H39N3O5/c33-26(34)13-10-20-8-2-3-9-21(20)18-22-24-11-12-25(37-24)27(22)29-31-23(19-36-29)28(35)30-14-4-7-17-32-15-5-1-6-16-32/h2-3,8-9,19,22,24-25,27H,1,4-7,10-18H2,(H,30,35)(H,33,34). The number of ether oxygens (including phenoxy) is 1. The number of fused-ring (bicyclic) bond motifs is 2. The first-order valence-electron chi connectivity index (χ1n) is 14.0. The second kappa shape index (κ2) is 12.2. The van der Waals surface area contributed by atoms with Crippen LogP contribution < -0.4 is 5.32 Å². The van der Waals surface area contributed by atoms with E-state index in [0.717, 1.165) is 49.8 Å². The van der Waals surface area contributed by atoms with Crippen molar-refractivity contribution >= 4 is 11.9 Å². The van der Waals surface area contributed by atoms with Gasteiger partial charge in [0.05, 0.1) is 18.1 Å². The van der Waals surface area contributed by atoms with Crippen LogP contribution in [0.1, 0.15) is 84.8 Å². The molecule has 1 aromatic heterocycles. The lowest BCUT2D eigenvalue weighted by Crippen LogP contribution is -2.31. The Kier molecular flexibility index (Phi) is 8.56. The third-order valence-electron chi connectivity index (χ3n) is 8.28. The molecular weight excluding hydrogens is 470 g/mol. The van der Waals surface area contributed by atoms with Gasteiger partial charge in [0.25, 0.3) is 5.91 Å². The van der Waals surface area contributed by atoms with Crippen molar-refractivity contribution in [1.82, 2.24) is 15.2 Å². The van der Waals surface area contributed by atoms with Crippen molar-refractivity contribution in [3.8, 4) is 0 Å². The van der Waals surface area contributed by atoms with Crippen LogP contribution in [0.25, 0.3) is 0 Å². The monoisotopic (exact) mass is 509 g/mol. The van der Waals surface area contributed by atoms with E-state index in [1.165, 1.54) is 38.6 Å². The summed E-state index contributed by atoms with van der Waals surface area (Å²) in [6.45, 7) is 4.16. The largest absolute Gasteiger partial charge is 0.481 e.